The maximum Gasteiger partial charge on any atom is 0.0433 e. The molecule has 0 rings (SSSR count). The van der Waals surface area contributed by atoms with Crippen LogP contribution in [0.5, 0.6) is 0 Å². The van der Waals surface area contributed by atoms with E-state index in [9.17, 15) is 0 Å². The van der Waals surface area contributed by atoms with Crippen molar-refractivity contribution in [1.29, 1.82) is 0 Å². The number of aliphatic hydroxyl groups excluding tert-OH is 1. The van der Waals surface area contributed by atoms with Crippen LogP contribution in [0, 0.1) is 5.92 Å². The van der Waals surface area contributed by atoms with E-state index in [0.717, 1.165) is 6.42 Å². The van der Waals surface area contributed by atoms with E-state index < -0.39 is 0 Å². The van der Waals surface area contributed by atoms with E-state index >= 15 is 0 Å². The molecular formula is C5H12NaO. The molecule has 1 radical (unpaired) electrons. The second kappa shape index (κ2) is 6.96. The van der Waals surface area contributed by atoms with Gasteiger partial charge >= 0.3 is 0 Å². The van der Waals surface area contributed by atoms with Crippen LogP contribution in [0.25, 0.3) is 0 Å². The van der Waals surface area contributed by atoms with Crippen LogP contribution in [0.2, 0.25) is 0 Å². The van der Waals surface area contributed by atoms with Crippen LogP contribution in [-0.2, 0) is 0 Å². The summed E-state index contributed by atoms with van der Waals surface area (Å²) >= 11 is 0. The molecule has 0 aliphatic heterocycles. The summed E-state index contributed by atoms with van der Waals surface area (Å²) in [6.07, 6.45) is 0.931. The molecule has 0 aliphatic carbocycles. The Hall–Kier alpha value is 0.960. The summed E-state index contributed by atoms with van der Waals surface area (Å²) in [5.74, 6) is 0.648. The zero-order chi connectivity index (χ0) is 4.99. The smallest absolute Gasteiger partial charge is 0.0433 e. The van der Waals surface area contributed by atoms with E-state index in [1.165, 1.54) is 0 Å². The molecule has 7 heavy (non-hydrogen) atoms. The quantitative estimate of drug-likeness (QED) is 0.518. The molecule has 1 N–H and O–H groups in total. The van der Waals surface area contributed by atoms with Crippen LogP contribution >= 0.6 is 0 Å². The van der Waals surface area contributed by atoms with Crippen molar-refractivity contribution in [3.8, 4) is 0 Å². The Kier molecular flexibility index (Phi) is 10.8. The average molecular weight is 111 g/mol. The van der Waals surface area contributed by atoms with Crippen LogP contribution in [0.4, 0.5) is 0 Å². The minimum Gasteiger partial charge on any atom is -0.396 e. The summed E-state index contributed by atoms with van der Waals surface area (Å²) in [6, 6.07) is 0. The van der Waals surface area contributed by atoms with Crippen molar-refractivity contribution in [3.63, 3.8) is 0 Å². The molecule has 1 nitrogen and oxygen atoms in total. The molecule has 0 aliphatic rings. The van der Waals surface area contributed by atoms with Gasteiger partial charge < -0.3 is 5.11 Å². The Morgan fingerprint density at radius 1 is 1.43 bits per heavy atom. The minimum atomic E-state index is 0. The van der Waals surface area contributed by atoms with Crippen molar-refractivity contribution in [1.82, 2.24) is 0 Å². The largest absolute Gasteiger partial charge is 0.396 e. The van der Waals surface area contributed by atoms with Crippen molar-refractivity contribution in [2.45, 2.75) is 20.3 Å². The standard InChI is InChI=1S/C5H12O.Na/c1-5(2)3-4-6;/h5-6H,3-4H2,1-2H3;. The van der Waals surface area contributed by atoms with E-state index in [2.05, 4.69) is 13.8 Å². The summed E-state index contributed by atoms with van der Waals surface area (Å²) in [5.41, 5.74) is 0. The predicted molar refractivity (Wildman–Crippen MR) is 32.3 cm³/mol. The van der Waals surface area contributed by atoms with Gasteiger partial charge in [0.05, 0.1) is 0 Å². The maximum atomic E-state index is 8.24. The first kappa shape index (κ1) is 10.9. The molecular weight excluding hydrogens is 99.0 g/mol. The first-order valence-electron chi connectivity index (χ1n) is 2.38. The van der Waals surface area contributed by atoms with Crippen LogP contribution in [-0.4, -0.2) is 41.3 Å². The average Bonchev–Trinajstić information content (AvgIpc) is 1.35. The molecule has 0 saturated carbocycles. The normalized spacial score (nSPS) is 8.57. The van der Waals surface area contributed by atoms with Crippen molar-refractivity contribution in [2.75, 3.05) is 6.61 Å². The van der Waals surface area contributed by atoms with Crippen LogP contribution in [0.1, 0.15) is 20.3 Å². The minimum absolute atomic E-state index is 0. The number of hydrogen-bond acceptors (Lipinski definition) is 1. The predicted octanol–water partition coefficient (Wildman–Crippen LogP) is 0.644. The molecule has 0 spiro atoms. The third kappa shape index (κ3) is 10.9. The first-order valence-corrected chi connectivity index (χ1v) is 2.38. The number of aliphatic hydroxyl groups is 1. The maximum absolute atomic E-state index is 8.24. The summed E-state index contributed by atoms with van der Waals surface area (Å²) in [6.45, 7) is 4.52. The summed E-state index contributed by atoms with van der Waals surface area (Å²) in [4.78, 5) is 0. The Morgan fingerprint density at radius 3 is 1.86 bits per heavy atom. The Labute approximate surface area is 67.4 Å². The Bertz CT molecular complexity index is 29.3. The van der Waals surface area contributed by atoms with E-state index in [4.69, 9.17) is 5.11 Å². The second-order valence-corrected chi connectivity index (χ2v) is 1.91. The molecule has 0 aromatic heterocycles. The fourth-order valence-electron chi connectivity index (χ4n) is 0.258. The number of rotatable bonds is 2. The zero-order valence-corrected chi connectivity index (χ0v) is 7.44. The molecule has 0 atom stereocenters. The van der Waals surface area contributed by atoms with Gasteiger partial charge in [0, 0.05) is 36.2 Å². The van der Waals surface area contributed by atoms with Crippen molar-refractivity contribution >= 4 is 29.6 Å². The molecule has 0 aromatic carbocycles. The van der Waals surface area contributed by atoms with Gasteiger partial charge in [-0.05, 0) is 12.3 Å². The van der Waals surface area contributed by atoms with Gasteiger partial charge in [-0.25, -0.2) is 0 Å². The van der Waals surface area contributed by atoms with Crippen LogP contribution < -0.4 is 0 Å². The van der Waals surface area contributed by atoms with E-state index in [-0.39, 0.29) is 29.6 Å². The van der Waals surface area contributed by atoms with E-state index in [1.54, 1.807) is 0 Å². The van der Waals surface area contributed by atoms with Gasteiger partial charge in [0.25, 0.3) is 0 Å². The third-order valence-electron chi connectivity index (χ3n) is 0.706. The monoisotopic (exact) mass is 111 g/mol. The van der Waals surface area contributed by atoms with Crippen LogP contribution in [0.3, 0.4) is 0 Å². The molecule has 0 saturated heterocycles. The van der Waals surface area contributed by atoms with E-state index in [1.807, 2.05) is 0 Å². The Balaban J connectivity index is 0. The Morgan fingerprint density at radius 2 is 1.86 bits per heavy atom. The summed E-state index contributed by atoms with van der Waals surface area (Å²) in [7, 11) is 0. The second-order valence-electron chi connectivity index (χ2n) is 1.91. The SMILES string of the molecule is CC(C)CCO.[Na]. The van der Waals surface area contributed by atoms with E-state index in [0.29, 0.717) is 12.5 Å². The third-order valence-corrected chi connectivity index (χ3v) is 0.706. The van der Waals surface area contributed by atoms with Gasteiger partial charge in [-0.3, -0.25) is 0 Å². The first-order chi connectivity index (χ1) is 2.77. The molecule has 0 unspecified atom stereocenters. The molecule has 39 valence electrons. The zero-order valence-electron chi connectivity index (χ0n) is 5.44. The fraction of sp³-hybridized carbons (Fsp3) is 1.00. The fourth-order valence-corrected chi connectivity index (χ4v) is 0.258. The molecule has 0 aromatic rings. The van der Waals surface area contributed by atoms with Gasteiger partial charge in [0.15, 0.2) is 0 Å². The van der Waals surface area contributed by atoms with Gasteiger partial charge in [0.1, 0.15) is 0 Å². The topological polar surface area (TPSA) is 20.2 Å². The van der Waals surface area contributed by atoms with Crippen molar-refractivity contribution in [2.24, 2.45) is 5.92 Å². The molecule has 0 fully saturated rings. The molecule has 2 heteroatoms. The van der Waals surface area contributed by atoms with Gasteiger partial charge in [-0.15, -0.1) is 0 Å². The van der Waals surface area contributed by atoms with Gasteiger partial charge in [-0.1, -0.05) is 13.8 Å². The van der Waals surface area contributed by atoms with Crippen molar-refractivity contribution < 1.29 is 5.11 Å². The number of hydrogen-bond donors (Lipinski definition) is 1. The van der Waals surface area contributed by atoms with Crippen molar-refractivity contribution in [3.05, 3.63) is 0 Å². The molecule has 0 bridgehead atoms. The van der Waals surface area contributed by atoms with Crippen LogP contribution in [0.15, 0.2) is 0 Å². The summed E-state index contributed by atoms with van der Waals surface area (Å²) in [5, 5.41) is 8.24. The van der Waals surface area contributed by atoms with Gasteiger partial charge in [0.2, 0.25) is 0 Å². The van der Waals surface area contributed by atoms with Gasteiger partial charge in [-0.2, -0.15) is 0 Å². The molecule has 0 amide bonds. The summed E-state index contributed by atoms with van der Waals surface area (Å²) < 4.78 is 0. The molecule has 0 heterocycles.